The lowest BCUT2D eigenvalue weighted by atomic mass is 9.84. The molecule has 0 aliphatic carbocycles. The van der Waals surface area contributed by atoms with Crippen molar-refractivity contribution < 1.29 is 9.53 Å². The lowest BCUT2D eigenvalue weighted by Gasteiger charge is -2.33. The number of anilines is 1. The number of piperazine rings is 1. The molecule has 1 N–H and O–H groups in total. The van der Waals surface area contributed by atoms with Gasteiger partial charge in [0.1, 0.15) is 5.75 Å². The summed E-state index contributed by atoms with van der Waals surface area (Å²) >= 11 is 0. The Morgan fingerprint density at radius 1 is 1.27 bits per heavy atom. The number of carbonyl (C=O) groups is 1. The van der Waals surface area contributed by atoms with Crippen LogP contribution >= 0.6 is 0 Å². The van der Waals surface area contributed by atoms with Crippen molar-refractivity contribution in [1.82, 2.24) is 5.32 Å². The molecule has 0 bridgehead atoms. The minimum absolute atomic E-state index is 0.0713. The molecular weight excluding hydrogens is 276 g/mol. The Labute approximate surface area is 133 Å². The van der Waals surface area contributed by atoms with E-state index in [0.717, 1.165) is 48.7 Å². The van der Waals surface area contributed by atoms with E-state index in [9.17, 15) is 4.79 Å². The van der Waals surface area contributed by atoms with Crippen LogP contribution in [0.2, 0.25) is 0 Å². The van der Waals surface area contributed by atoms with Gasteiger partial charge in [-0.15, -0.1) is 0 Å². The molecule has 1 aliphatic heterocycles. The maximum absolute atomic E-state index is 12.3. The van der Waals surface area contributed by atoms with Crippen molar-refractivity contribution in [2.45, 2.75) is 39.5 Å². The van der Waals surface area contributed by atoms with Crippen LogP contribution in [0.5, 0.6) is 5.75 Å². The number of Topliss-reactive ketones (excluding diaryl/α,β-unsaturated/α-hetero) is 1. The zero-order valence-corrected chi connectivity index (χ0v) is 14.5. The van der Waals surface area contributed by atoms with Gasteiger partial charge in [-0.1, -0.05) is 27.7 Å². The van der Waals surface area contributed by atoms with Crippen LogP contribution in [0.4, 0.5) is 5.69 Å². The molecule has 1 fully saturated rings. The van der Waals surface area contributed by atoms with Gasteiger partial charge >= 0.3 is 0 Å². The van der Waals surface area contributed by atoms with E-state index in [-0.39, 0.29) is 11.2 Å². The highest BCUT2D eigenvalue weighted by molar-refractivity contribution is 5.97. The van der Waals surface area contributed by atoms with E-state index in [0.29, 0.717) is 6.42 Å². The van der Waals surface area contributed by atoms with Crippen LogP contribution in [0.3, 0.4) is 0 Å². The van der Waals surface area contributed by atoms with Crippen LogP contribution in [0.1, 0.15) is 50.0 Å². The molecule has 0 radical (unpaired) electrons. The first-order valence-electron chi connectivity index (χ1n) is 8.10. The molecule has 0 unspecified atom stereocenters. The molecule has 1 aromatic rings. The molecule has 1 aliphatic rings. The number of nitrogens with one attached hydrogen (secondary N) is 1. The topological polar surface area (TPSA) is 41.6 Å². The fourth-order valence-corrected chi connectivity index (χ4v) is 2.89. The summed E-state index contributed by atoms with van der Waals surface area (Å²) in [6.07, 6.45) is 0.525. The molecule has 4 heteroatoms. The van der Waals surface area contributed by atoms with Gasteiger partial charge in [0.2, 0.25) is 0 Å². The average molecular weight is 304 g/mol. The van der Waals surface area contributed by atoms with Gasteiger partial charge in [0.15, 0.2) is 5.78 Å². The van der Waals surface area contributed by atoms with Gasteiger partial charge < -0.3 is 15.0 Å². The largest absolute Gasteiger partial charge is 0.494 e. The summed E-state index contributed by atoms with van der Waals surface area (Å²) in [5.41, 5.74) is 2.87. The molecule has 22 heavy (non-hydrogen) atoms. The number of hydrogen-bond acceptors (Lipinski definition) is 4. The second-order valence-corrected chi connectivity index (χ2v) is 6.84. The normalized spacial score (nSPS) is 15.8. The van der Waals surface area contributed by atoms with E-state index in [1.54, 1.807) is 7.11 Å². The van der Waals surface area contributed by atoms with E-state index >= 15 is 0 Å². The van der Waals surface area contributed by atoms with Crippen molar-refractivity contribution >= 4 is 11.5 Å². The van der Waals surface area contributed by atoms with Crippen molar-refractivity contribution in [3.8, 4) is 5.75 Å². The third kappa shape index (κ3) is 3.43. The highest BCUT2D eigenvalue weighted by atomic mass is 16.5. The van der Waals surface area contributed by atoms with Gasteiger partial charge in [0, 0.05) is 43.7 Å². The van der Waals surface area contributed by atoms with E-state index < -0.39 is 0 Å². The monoisotopic (exact) mass is 304 g/mol. The van der Waals surface area contributed by atoms with Crippen molar-refractivity contribution in [2.24, 2.45) is 0 Å². The van der Waals surface area contributed by atoms with Gasteiger partial charge in [-0.3, -0.25) is 4.79 Å². The Kier molecular flexibility index (Phi) is 5.12. The minimum atomic E-state index is -0.0713. The fourth-order valence-electron chi connectivity index (χ4n) is 2.89. The number of ketones is 1. The average Bonchev–Trinajstić information content (AvgIpc) is 2.52. The zero-order chi connectivity index (χ0) is 16.3. The molecule has 0 atom stereocenters. The summed E-state index contributed by atoms with van der Waals surface area (Å²) in [5.74, 6) is 1.09. The molecule has 0 spiro atoms. The Morgan fingerprint density at radius 2 is 1.91 bits per heavy atom. The third-order valence-electron chi connectivity index (χ3n) is 4.18. The second-order valence-electron chi connectivity index (χ2n) is 6.84. The number of rotatable bonds is 4. The van der Waals surface area contributed by atoms with Crippen LogP contribution in [-0.4, -0.2) is 39.1 Å². The summed E-state index contributed by atoms with van der Waals surface area (Å²) in [4.78, 5) is 14.6. The molecule has 1 saturated heterocycles. The van der Waals surface area contributed by atoms with Crippen LogP contribution in [0.15, 0.2) is 12.1 Å². The highest BCUT2D eigenvalue weighted by Crippen LogP contribution is 2.40. The smallest absolute Gasteiger partial charge is 0.162 e. The van der Waals surface area contributed by atoms with Crippen LogP contribution in [0, 0.1) is 0 Å². The number of ether oxygens (including phenoxy) is 1. The van der Waals surface area contributed by atoms with Crippen molar-refractivity contribution in [3.05, 3.63) is 23.3 Å². The predicted octanol–water partition coefficient (Wildman–Crippen LogP) is 3.00. The van der Waals surface area contributed by atoms with Crippen LogP contribution in [0.25, 0.3) is 0 Å². The molecule has 4 nitrogen and oxygen atoms in total. The number of benzene rings is 1. The number of hydrogen-bond donors (Lipinski definition) is 1. The summed E-state index contributed by atoms with van der Waals surface area (Å²) in [7, 11) is 1.72. The molecule has 1 aromatic carbocycles. The SMILES string of the molecule is CCC(=O)c1cc(N2CCNCC2)c(OC)c(C(C)(C)C)c1. The highest BCUT2D eigenvalue weighted by Gasteiger charge is 2.26. The lowest BCUT2D eigenvalue weighted by molar-refractivity contribution is 0.0988. The summed E-state index contributed by atoms with van der Waals surface area (Å²) in [5, 5.41) is 3.37. The Hall–Kier alpha value is -1.55. The fraction of sp³-hybridized carbons (Fsp3) is 0.611. The Morgan fingerprint density at radius 3 is 2.41 bits per heavy atom. The first-order valence-corrected chi connectivity index (χ1v) is 8.10. The molecule has 0 amide bonds. The zero-order valence-electron chi connectivity index (χ0n) is 14.5. The van der Waals surface area contributed by atoms with E-state index in [1.807, 2.05) is 19.1 Å². The third-order valence-corrected chi connectivity index (χ3v) is 4.18. The van der Waals surface area contributed by atoms with E-state index in [4.69, 9.17) is 4.74 Å². The first-order chi connectivity index (χ1) is 10.4. The second kappa shape index (κ2) is 6.69. The minimum Gasteiger partial charge on any atom is -0.494 e. The molecule has 0 aromatic heterocycles. The summed E-state index contributed by atoms with van der Waals surface area (Å²) in [6, 6.07) is 4.02. The lowest BCUT2D eigenvalue weighted by Crippen LogP contribution is -2.43. The summed E-state index contributed by atoms with van der Waals surface area (Å²) in [6.45, 7) is 12.2. The predicted molar refractivity (Wildman–Crippen MR) is 91.4 cm³/mol. The molecule has 1 heterocycles. The first kappa shape index (κ1) is 16.8. The summed E-state index contributed by atoms with van der Waals surface area (Å²) < 4.78 is 5.75. The number of carbonyl (C=O) groups excluding carboxylic acids is 1. The Balaban J connectivity index is 2.60. The van der Waals surface area contributed by atoms with Crippen molar-refractivity contribution in [2.75, 3.05) is 38.2 Å². The van der Waals surface area contributed by atoms with Gasteiger partial charge in [0.25, 0.3) is 0 Å². The van der Waals surface area contributed by atoms with Crippen LogP contribution in [-0.2, 0) is 5.41 Å². The van der Waals surface area contributed by atoms with Gasteiger partial charge in [-0.05, 0) is 17.5 Å². The van der Waals surface area contributed by atoms with E-state index in [2.05, 4.69) is 31.0 Å². The van der Waals surface area contributed by atoms with Gasteiger partial charge in [-0.2, -0.15) is 0 Å². The molecular formula is C18H28N2O2. The maximum Gasteiger partial charge on any atom is 0.162 e. The molecule has 2 rings (SSSR count). The van der Waals surface area contributed by atoms with Crippen molar-refractivity contribution in [3.63, 3.8) is 0 Å². The number of methoxy groups -OCH3 is 1. The van der Waals surface area contributed by atoms with Crippen molar-refractivity contribution in [1.29, 1.82) is 0 Å². The van der Waals surface area contributed by atoms with E-state index in [1.165, 1.54) is 0 Å². The maximum atomic E-state index is 12.3. The quantitative estimate of drug-likeness (QED) is 0.868. The molecule has 122 valence electrons. The van der Waals surface area contributed by atoms with Gasteiger partial charge in [-0.25, -0.2) is 0 Å². The van der Waals surface area contributed by atoms with Gasteiger partial charge in [0.05, 0.1) is 12.8 Å². The van der Waals surface area contributed by atoms with Crippen LogP contribution < -0.4 is 15.0 Å². The Bertz CT molecular complexity index is 541. The number of nitrogens with zero attached hydrogens (tertiary/aromatic N) is 1. The standard InChI is InChI=1S/C18H28N2O2/c1-6-16(21)13-11-14(18(2,3)4)17(22-5)15(12-13)20-9-7-19-8-10-20/h11-12,19H,6-10H2,1-5H3. The molecule has 0 saturated carbocycles.